The van der Waals surface area contributed by atoms with Gasteiger partial charge >= 0.3 is 0 Å². The van der Waals surface area contributed by atoms with Crippen molar-refractivity contribution in [1.82, 2.24) is 4.98 Å². The van der Waals surface area contributed by atoms with E-state index in [9.17, 15) is 0 Å². The molecule has 0 saturated carbocycles. The summed E-state index contributed by atoms with van der Waals surface area (Å²) in [7, 11) is 1.64. The largest absolute Gasteiger partial charge is 0.497 e. The molecule has 3 rings (SSSR count). The number of rotatable bonds is 5. The van der Waals surface area contributed by atoms with Crippen molar-refractivity contribution < 1.29 is 9.47 Å². The van der Waals surface area contributed by atoms with Crippen molar-refractivity contribution in [1.29, 1.82) is 0 Å². The summed E-state index contributed by atoms with van der Waals surface area (Å²) in [6.07, 6.45) is 0. The Bertz CT molecular complexity index is 722. The molecule has 0 saturated heterocycles. The van der Waals surface area contributed by atoms with Crippen LogP contribution >= 0.6 is 11.3 Å². The van der Waals surface area contributed by atoms with E-state index in [1.165, 1.54) is 4.70 Å². The standard InChI is InChI=1S/C16H16N2O2S/c1-19-12-6-7-14(11(8-12)9-17)20-10-16-18-13-4-2-3-5-15(13)21-16/h2-8H,9-10,17H2,1H3. The lowest BCUT2D eigenvalue weighted by Crippen LogP contribution is -2.03. The highest BCUT2D eigenvalue weighted by molar-refractivity contribution is 7.18. The molecule has 2 aromatic carbocycles. The molecule has 5 heteroatoms. The molecule has 0 aliphatic heterocycles. The summed E-state index contributed by atoms with van der Waals surface area (Å²) in [5.74, 6) is 1.56. The van der Waals surface area contributed by atoms with Gasteiger partial charge in [0.15, 0.2) is 0 Å². The fourth-order valence-electron chi connectivity index (χ4n) is 2.10. The highest BCUT2D eigenvalue weighted by Gasteiger charge is 2.07. The average molecular weight is 300 g/mol. The van der Waals surface area contributed by atoms with Crippen molar-refractivity contribution in [2.75, 3.05) is 7.11 Å². The second-order valence-corrected chi connectivity index (χ2v) is 5.66. The molecule has 0 atom stereocenters. The number of nitrogens with two attached hydrogens (primary N) is 1. The van der Waals surface area contributed by atoms with Crippen LogP contribution in [-0.4, -0.2) is 12.1 Å². The normalized spacial score (nSPS) is 10.8. The van der Waals surface area contributed by atoms with Gasteiger partial charge in [-0.1, -0.05) is 12.1 Å². The fraction of sp³-hybridized carbons (Fsp3) is 0.188. The minimum absolute atomic E-state index is 0.409. The van der Waals surface area contributed by atoms with Gasteiger partial charge < -0.3 is 15.2 Å². The van der Waals surface area contributed by atoms with E-state index in [4.69, 9.17) is 15.2 Å². The summed E-state index contributed by atoms with van der Waals surface area (Å²) < 4.78 is 12.2. The average Bonchev–Trinajstić information content (AvgIpc) is 2.95. The fourth-order valence-corrected chi connectivity index (χ4v) is 2.98. The van der Waals surface area contributed by atoms with Gasteiger partial charge in [-0.15, -0.1) is 11.3 Å². The van der Waals surface area contributed by atoms with E-state index in [1.807, 2.05) is 36.4 Å². The molecular formula is C16H16N2O2S. The Hall–Kier alpha value is -2.11. The maximum Gasteiger partial charge on any atom is 0.140 e. The molecule has 0 aliphatic rings. The minimum atomic E-state index is 0.409. The van der Waals surface area contributed by atoms with E-state index in [0.29, 0.717) is 13.2 Å². The SMILES string of the molecule is COc1ccc(OCc2nc3ccccc3s2)c(CN)c1. The van der Waals surface area contributed by atoms with Crippen molar-refractivity contribution in [3.63, 3.8) is 0 Å². The molecule has 1 heterocycles. The molecule has 0 aliphatic carbocycles. The number of hydrogen-bond acceptors (Lipinski definition) is 5. The van der Waals surface area contributed by atoms with Crippen molar-refractivity contribution >= 4 is 21.6 Å². The molecule has 0 radical (unpaired) electrons. The second-order valence-electron chi connectivity index (χ2n) is 4.54. The van der Waals surface area contributed by atoms with Crippen LogP contribution < -0.4 is 15.2 Å². The Morgan fingerprint density at radius 2 is 2.05 bits per heavy atom. The molecular weight excluding hydrogens is 284 g/mol. The lowest BCUT2D eigenvalue weighted by Gasteiger charge is -2.10. The van der Waals surface area contributed by atoms with Gasteiger partial charge in [-0.25, -0.2) is 4.98 Å². The number of thiazole rings is 1. The summed E-state index contributed by atoms with van der Waals surface area (Å²) in [5, 5.41) is 0.954. The van der Waals surface area contributed by atoms with E-state index in [1.54, 1.807) is 18.4 Å². The number of aromatic nitrogens is 1. The summed E-state index contributed by atoms with van der Waals surface area (Å²) in [5.41, 5.74) is 7.69. The van der Waals surface area contributed by atoms with E-state index in [2.05, 4.69) is 11.1 Å². The molecule has 2 N–H and O–H groups in total. The van der Waals surface area contributed by atoms with Crippen LogP contribution in [0, 0.1) is 0 Å². The third kappa shape index (κ3) is 2.99. The van der Waals surface area contributed by atoms with Crippen molar-refractivity contribution in [3.8, 4) is 11.5 Å². The minimum Gasteiger partial charge on any atom is -0.497 e. The van der Waals surface area contributed by atoms with Crippen LogP contribution in [0.25, 0.3) is 10.2 Å². The Morgan fingerprint density at radius 3 is 2.81 bits per heavy atom. The number of para-hydroxylation sites is 1. The smallest absolute Gasteiger partial charge is 0.140 e. The summed E-state index contributed by atoms with van der Waals surface area (Å²) >= 11 is 1.65. The number of ether oxygens (including phenoxy) is 2. The topological polar surface area (TPSA) is 57.4 Å². The van der Waals surface area contributed by atoms with Crippen molar-refractivity contribution in [3.05, 3.63) is 53.0 Å². The lowest BCUT2D eigenvalue weighted by atomic mass is 10.2. The third-order valence-electron chi connectivity index (χ3n) is 3.18. The number of hydrogen-bond donors (Lipinski definition) is 1. The van der Waals surface area contributed by atoms with Gasteiger partial charge in [-0.05, 0) is 30.3 Å². The van der Waals surface area contributed by atoms with Gasteiger partial charge in [0.2, 0.25) is 0 Å². The summed E-state index contributed by atoms with van der Waals surface area (Å²) in [6, 6.07) is 13.7. The van der Waals surface area contributed by atoms with Gasteiger partial charge in [0.05, 0.1) is 17.3 Å². The van der Waals surface area contributed by atoms with Crippen LogP contribution in [0.1, 0.15) is 10.6 Å². The highest BCUT2D eigenvalue weighted by Crippen LogP contribution is 2.26. The van der Waals surface area contributed by atoms with E-state index >= 15 is 0 Å². The Balaban J connectivity index is 1.77. The van der Waals surface area contributed by atoms with Gasteiger partial charge in [-0.3, -0.25) is 0 Å². The maximum atomic E-state index is 5.86. The van der Waals surface area contributed by atoms with Gasteiger partial charge in [0, 0.05) is 12.1 Å². The summed E-state index contributed by atoms with van der Waals surface area (Å²) in [4.78, 5) is 4.55. The zero-order valence-electron chi connectivity index (χ0n) is 11.7. The first-order chi connectivity index (χ1) is 10.3. The lowest BCUT2D eigenvalue weighted by molar-refractivity contribution is 0.301. The molecule has 0 amide bonds. The number of methoxy groups -OCH3 is 1. The first-order valence-electron chi connectivity index (χ1n) is 6.64. The highest BCUT2D eigenvalue weighted by atomic mass is 32.1. The van der Waals surface area contributed by atoms with Crippen LogP contribution in [0.15, 0.2) is 42.5 Å². The van der Waals surface area contributed by atoms with Gasteiger partial charge in [0.25, 0.3) is 0 Å². The van der Waals surface area contributed by atoms with E-state index in [-0.39, 0.29) is 0 Å². The van der Waals surface area contributed by atoms with Crippen LogP contribution in [0.4, 0.5) is 0 Å². The zero-order chi connectivity index (χ0) is 14.7. The molecule has 3 aromatic rings. The van der Waals surface area contributed by atoms with Gasteiger partial charge in [0.1, 0.15) is 23.1 Å². The van der Waals surface area contributed by atoms with Crippen LogP contribution in [0.5, 0.6) is 11.5 Å². The molecule has 21 heavy (non-hydrogen) atoms. The first-order valence-corrected chi connectivity index (χ1v) is 7.46. The maximum absolute atomic E-state index is 5.86. The first kappa shape index (κ1) is 13.9. The third-order valence-corrected chi connectivity index (χ3v) is 4.19. The second kappa shape index (κ2) is 6.11. The predicted molar refractivity (Wildman–Crippen MR) is 84.8 cm³/mol. The Kier molecular flexibility index (Phi) is 4.03. The van der Waals surface area contributed by atoms with Crippen LogP contribution in [0.2, 0.25) is 0 Å². The number of nitrogens with zero attached hydrogens (tertiary/aromatic N) is 1. The molecule has 0 unspecified atom stereocenters. The number of benzene rings is 2. The predicted octanol–water partition coefficient (Wildman–Crippen LogP) is 3.34. The molecule has 4 nitrogen and oxygen atoms in total. The molecule has 0 bridgehead atoms. The van der Waals surface area contributed by atoms with E-state index < -0.39 is 0 Å². The van der Waals surface area contributed by atoms with E-state index in [0.717, 1.165) is 27.6 Å². The quantitative estimate of drug-likeness (QED) is 0.785. The van der Waals surface area contributed by atoms with Crippen molar-refractivity contribution in [2.45, 2.75) is 13.2 Å². The number of fused-ring (bicyclic) bond motifs is 1. The Labute approximate surface area is 127 Å². The van der Waals surface area contributed by atoms with Crippen molar-refractivity contribution in [2.24, 2.45) is 5.73 Å². The van der Waals surface area contributed by atoms with Gasteiger partial charge in [-0.2, -0.15) is 0 Å². The molecule has 108 valence electrons. The molecule has 1 aromatic heterocycles. The Morgan fingerprint density at radius 1 is 1.19 bits per heavy atom. The monoisotopic (exact) mass is 300 g/mol. The van der Waals surface area contributed by atoms with Crippen LogP contribution in [-0.2, 0) is 13.2 Å². The summed E-state index contributed by atoms with van der Waals surface area (Å²) in [6.45, 7) is 0.852. The zero-order valence-corrected chi connectivity index (χ0v) is 12.5. The van der Waals surface area contributed by atoms with Crippen LogP contribution in [0.3, 0.4) is 0 Å². The molecule has 0 fully saturated rings. The molecule has 0 spiro atoms.